The highest BCUT2D eigenvalue weighted by Crippen LogP contribution is 2.32. The van der Waals surface area contributed by atoms with Crippen LogP contribution in [0.1, 0.15) is 26.7 Å². The number of benzene rings is 1. The number of nitro groups is 1. The Balaban J connectivity index is 2.40. The summed E-state index contributed by atoms with van der Waals surface area (Å²) in [6.45, 7) is 4.31. The first-order valence-electron chi connectivity index (χ1n) is 6.72. The molecule has 2 atom stereocenters. The Morgan fingerprint density at radius 1 is 1.38 bits per heavy atom. The molecule has 8 heteroatoms. The molecule has 116 valence electrons. The van der Waals surface area contributed by atoms with Crippen molar-refractivity contribution in [2.75, 3.05) is 6.54 Å². The number of phenolic OH excluding ortho intramolecular Hbond substituents is 1. The lowest BCUT2D eigenvalue weighted by Crippen LogP contribution is -2.44. The van der Waals surface area contributed by atoms with E-state index in [4.69, 9.17) is 0 Å². The second kappa shape index (κ2) is 5.61. The van der Waals surface area contributed by atoms with Crippen LogP contribution in [0.4, 0.5) is 5.69 Å². The van der Waals surface area contributed by atoms with Crippen LogP contribution in [0.5, 0.6) is 5.75 Å². The summed E-state index contributed by atoms with van der Waals surface area (Å²) in [6, 6.07) is 3.01. The number of aromatic hydroxyl groups is 1. The molecule has 0 aliphatic carbocycles. The van der Waals surface area contributed by atoms with Crippen LogP contribution in [0.15, 0.2) is 23.1 Å². The summed E-state index contributed by atoms with van der Waals surface area (Å²) in [4.78, 5) is 9.87. The zero-order valence-corrected chi connectivity index (χ0v) is 12.7. The maximum atomic E-state index is 12.6. The molecule has 1 heterocycles. The molecule has 7 nitrogen and oxygen atoms in total. The highest BCUT2D eigenvalue weighted by molar-refractivity contribution is 7.89. The van der Waals surface area contributed by atoms with Gasteiger partial charge in [0.25, 0.3) is 0 Å². The average Bonchev–Trinajstić information content (AvgIpc) is 2.38. The number of nitro benzene ring substituents is 1. The zero-order valence-electron chi connectivity index (χ0n) is 11.9. The molecule has 0 saturated carbocycles. The van der Waals surface area contributed by atoms with E-state index in [9.17, 15) is 23.6 Å². The number of piperidine rings is 1. The van der Waals surface area contributed by atoms with Crippen molar-refractivity contribution in [3.8, 4) is 5.75 Å². The van der Waals surface area contributed by atoms with Crippen LogP contribution in [-0.4, -0.2) is 35.3 Å². The topological polar surface area (TPSA) is 101 Å². The molecule has 1 N–H and O–H groups in total. The number of phenols is 1. The SMILES string of the molecule is CC1CCN(S(=O)(=O)c2ccc(O)c([N+](=O)[O-])c2)C(C)C1. The molecule has 1 aromatic rings. The van der Waals surface area contributed by atoms with E-state index < -0.39 is 26.4 Å². The first kappa shape index (κ1) is 15.7. The van der Waals surface area contributed by atoms with Crippen molar-refractivity contribution in [1.29, 1.82) is 0 Å². The molecule has 1 fully saturated rings. The molecule has 0 bridgehead atoms. The molecule has 21 heavy (non-hydrogen) atoms. The quantitative estimate of drug-likeness (QED) is 0.680. The second-order valence-electron chi connectivity index (χ2n) is 5.50. The lowest BCUT2D eigenvalue weighted by Gasteiger charge is -2.35. The van der Waals surface area contributed by atoms with E-state index in [2.05, 4.69) is 6.92 Å². The Hall–Kier alpha value is -1.67. The smallest absolute Gasteiger partial charge is 0.312 e. The largest absolute Gasteiger partial charge is 0.502 e. The summed E-state index contributed by atoms with van der Waals surface area (Å²) >= 11 is 0. The van der Waals surface area contributed by atoms with Crippen molar-refractivity contribution in [2.45, 2.75) is 37.6 Å². The fourth-order valence-electron chi connectivity index (χ4n) is 2.69. The lowest BCUT2D eigenvalue weighted by atomic mass is 9.95. The highest BCUT2D eigenvalue weighted by atomic mass is 32.2. The van der Waals surface area contributed by atoms with Crippen molar-refractivity contribution in [1.82, 2.24) is 4.31 Å². The molecule has 0 spiro atoms. The summed E-state index contributed by atoms with van der Waals surface area (Å²) < 4.78 is 26.6. The highest BCUT2D eigenvalue weighted by Gasteiger charge is 2.34. The molecule has 1 aliphatic heterocycles. The zero-order chi connectivity index (χ0) is 15.8. The third-order valence-corrected chi connectivity index (χ3v) is 5.84. The fraction of sp³-hybridized carbons (Fsp3) is 0.538. The van der Waals surface area contributed by atoms with E-state index in [0.29, 0.717) is 12.5 Å². The van der Waals surface area contributed by atoms with Crippen LogP contribution >= 0.6 is 0 Å². The van der Waals surface area contributed by atoms with Gasteiger partial charge in [0.15, 0.2) is 5.75 Å². The van der Waals surface area contributed by atoms with E-state index in [1.807, 2.05) is 6.92 Å². The van der Waals surface area contributed by atoms with Gasteiger partial charge in [-0.1, -0.05) is 6.92 Å². The number of sulfonamides is 1. The van der Waals surface area contributed by atoms with Crippen LogP contribution in [0.25, 0.3) is 0 Å². The summed E-state index contributed by atoms with van der Waals surface area (Å²) in [7, 11) is -3.79. The van der Waals surface area contributed by atoms with Gasteiger partial charge in [0, 0.05) is 18.7 Å². The summed E-state index contributed by atoms with van der Waals surface area (Å²) in [6.07, 6.45) is 1.53. The van der Waals surface area contributed by atoms with Crippen LogP contribution in [-0.2, 0) is 10.0 Å². The Bertz CT molecular complexity index is 659. The van der Waals surface area contributed by atoms with E-state index >= 15 is 0 Å². The maximum absolute atomic E-state index is 12.6. The van der Waals surface area contributed by atoms with Gasteiger partial charge in [0.05, 0.1) is 9.82 Å². The normalized spacial score (nSPS) is 23.9. The average molecular weight is 314 g/mol. The van der Waals surface area contributed by atoms with Crippen molar-refractivity contribution < 1.29 is 18.4 Å². The third-order valence-electron chi connectivity index (χ3n) is 3.83. The molecule has 0 radical (unpaired) electrons. The Labute approximate surface area is 123 Å². The van der Waals surface area contributed by atoms with Crippen molar-refractivity contribution in [2.24, 2.45) is 5.92 Å². The van der Waals surface area contributed by atoms with Gasteiger partial charge in [-0.3, -0.25) is 10.1 Å². The number of hydrogen-bond acceptors (Lipinski definition) is 5. The molecule has 1 aliphatic rings. The summed E-state index contributed by atoms with van der Waals surface area (Å²) in [5.74, 6) is -0.0835. The number of nitrogens with zero attached hydrogens (tertiary/aromatic N) is 2. The predicted octanol–water partition coefficient (Wildman–Crippen LogP) is 2.11. The van der Waals surface area contributed by atoms with Gasteiger partial charge in [-0.05, 0) is 37.8 Å². The summed E-state index contributed by atoms with van der Waals surface area (Å²) in [5, 5.41) is 20.2. The van der Waals surface area contributed by atoms with Gasteiger partial charge >= 0.3 is 5.69 Å². The minimum Gasteiger partial charge on any atom is -0.502 e. The molecule has 2 rings (SSSR count). The van der Waals surface area contributed by atoms with Gasteiger partial charge in [-0.15, -0.1) is 0 Å². The third kappa shape index (κ3) is 3.01. The maximum Gasteiger partial charge on any atom is 0.312 e. The van der Waals surface area contributed by atoms with Crippen LogP contribution in [0, 0.1) is 16.0 Å². The van der Waals surface area contributed by atoms with E-state index in [1.54, 1.807) is 0 Å². The van der Waals surface area contributed by atoms with E-state index in [1.165, 1.54) is 10.4 Å². The van der Waals surface area contributed by atoms with Crippen LogP contribution in [0.3, 0.4) is 0 Å². The minimum absolute atomic E-state index is 0.147. The Morgan fingerprint density at radius 2 is 2.05 bits per heavy atom. The van der Waals surface area contributed by atoms with Gasteiger partial charge in [0.1, 0.15) is 0 Å². The number of hydrogen-bond donors (Lipinski definition) is 1. The monoisotopic (exact) mass is 314 g/mol. The molecule has 0 amide bonds. The van der Waals surface area contributed by atoms with Crippen molar-refractivity contribution in [3.05, 3.63) is 28.3 Å². The minimum atomic E-state index is -3.79. The standard InChI is InChI=1S/C13H18N2O5S/c1-9-5-6-14(10(2)7-9)21(19,20)11-3-4-13(16)12(8-11)15(17)18/h3-4,8-10,16H,5-7H2,1-2H3. The van der Waals surface area contributed by atoms with E-state index in [0.717, 1.165) is 25.0 Å². The van der Waals surface area contributed by atoms with Gasteiger partial charge in [-0.2, -0.15) is 4.31 Å². The number of rotatable bonds is 3. The van der Waals surface area contributed by atoms with Crippen LogP contribution in [0.2, 0.25) is 0 Å². The Morgan fingerprint density at radius 3 is 2.62 bits per heavy atom. The van der Waals surface area contributed by atoms with Gasteiger partial charge in [-0.25, -0.2) is 8.42 Å². The molecular formula is C13H18N2O5S. The molecule has 0 aromatic heterocycles. The van der Waals surface area contributed by atoms with E-state index in [-0.39, 0.29) is 10.9 Å². The Kier molecular flexibility index (Phi) is 4.20. The molecule has 2 unspecified atom stereocenters. The first-order chi connectivity index (χ1) is 9.73. The fourth-order valence-corrected chi connectivity index (χ4v) is 4.37. The molecular weight excluding hydrogens is 296 g/mol. The predicted molar refractivity (Wildman–Crippen MR) is 76.5 cm³/mol. The van der Waals surface area contributed by atoms with Crippen molar-refractivity contribution in [3.63, 3.8) is 0 Å². The lowest BCUT2D eigenvalue weighted by molar-refractivity contribution is -0.386. The van der Waals surface area contributed by atoms with Gasteiger partial charge in [0.2, 0.25) is 10.0 Å². The second-order valence-corrected chi connectivity index (χ2v) is 7.39. The van der Waals surface area contributed by atoms with Crippen LogP contribution < -0.4 is 0 Å². The molecule has 1 saturated heterocycles. The van der Waals surface area contributed by atoms with Gasteiger partial charge < -0.3 is 5.11 Å². The van der Waals surface area contributed by atoms with Crippen molar-refractivity contribution >= 4 is 15.7 Å². The first-order valence-corrected chi connectivity index (χ1v) is 8.16. The summed E-state index contributed by atoms with van der Waals surface area (Å²) in [5.41, 5.74) is -0.603. The molecule has 1 aromatic carbocycles.